The Bertz CT molecular complexity index is 1090. The van der Waals surface area contributed by atoms with Crippen LogP contribution >= 0.6 is 0 Å². The van der Waals surface area contributed by atoms with Crippen molar-refractivity contribution in [1.29, 1.82) is 0 Å². The molecule has 0 aliphatic heterocycles. The van der Waals surface area contributed by atoms with Gasteiger partial charge in [-0.05, 0) is 37.8 Å². The smallest absolute Gasteiger partial charge is 0.270 e. The summed E-state index contributed by atoms with van der Waals surface area (Å²) >= 11 is 0. The van der Waals surface area contributed by atoms with E-state index in [-0.39, 0.29) is 10.6 Å². The van der Waals surface area contributed by atoms with E-state index in [9.17, 15) is 15.2 Å². The van der Waals surface area contributed by atoms with Crippen molar-refractivity contribution in [2.45, 2.75) is 88.9 Å². The van der Waals surface area contributed by atoms with Gasteiger partial charge in [0, 0.05) is 52.6 Å². The highest BCUT2D eigenvalue weighted by Crippen LogP contribution is 2.33. The van der Waals surface area contributed by atoms with Crippen LogP contribution in [-0.2, 0) is 6.54 Å². The van der Waals surface area contributed by atoms with Crippen molar-refractivity contribution in [1.82, 2.24) is 9.47 Å². The van der Waals surface area contributed by atoms with Gasteiger partial charge in [-0.3, -0.25) is 15.0 Å². The first-order valence-corrected chi connectivity index (χ1v) is 12.7. The number of aliphatic hydroxyl groups excluding tert-OH is 1. The summed E-state index contributed by atoms with van der Waals surface area (Å²) in [5.74, 6) is 0. The number of nitrogens with zero attached hydrogens (tertiary/aromatic N) is 3. The Morgan fingerprint density at radius 1 is 0.909 bits per heavy atom. The van der Waals surface area contributed by atoms with Gasteiger partial charge < -0.3 is 9.67 Å². The number of aliphatic hydroxyl groups is 1. The van der Waals surface area contributed by atoms with Crippen LogP contribution in [0, 0.1) is 10.1 Å². The van der Waals surface area contributed by atoms with Crippen molar-refractivity contribution in [3.8, 4) is 0 Å². The lowest BCUT2D eigenvalue weighted by atomic mass is 9.88. The molecule has 1 aromatic heterocycles. The second kappa shape index (κ2) is 9.82. The quantitative estimate of drug-likeness (QED) is 0.353. The third kappa shape index (κ3) is 4.64. The van der Waals surface area contributed by atoms with E-state index in [2.05, 4.69) is 9.47 Å². The fraction of sp³-hybridized carbons (Fsp3) is 0.556. The first-order valence-electron chi connectivity index (χ1n) is 12.7. The second-order valence-electron chi connectivity index (χ2n) is 10.0. The van der Waals surface area contributed by atoms with E-state index in [0.29, 0.717) is 25.2 Å². The average molecular weight is 450 g/mol. The number of rotatable bonds is 7. The minimum absolute atomic E-state index is 0.103. The molecule has 0 amide bonds. The summed E-state index contributed by atoms with van der Waals surface area (Å²) in [5, 5.41) is 24.6. The predicted octanol–water partition coefficient (Wildman–Crippen LogP) is 6.03. The topological polar surface area (TPSA) is 71.5 Å². The fourth-order valence-corrected chi connectivity index (χ4v) is 6.29. The zero-order chi connectivity index (χ0) is 22.8. The Kier molecular flexibility index (Phi) is 6.65. The molecule has 0 saturated heterocycles. The largest absolute Gasteiger partial charge is 0.390 e. The molecule has 176 valence electrons. The molecule has 2 aliphatic carbocycles. The standard InChI is InChI=1S/C27H35N3O3/c31-23(18-28(20-9-3-1-4-10-20)21-11-5-2-6-12-21)19-29-26-14-8-7-13-24(26)25-17-22(30(32)33)15-16-27(25)29/h7-8,13-17,20-21,23,31H,1-6,9-12,18-19H2. The Morgan fingerprint density at radius 2 is 1.52 bits per heavy atom. The molecule has 2 fully saturated rings. The van der Waals surface area contributed by atoms with Crippen LogP contribution in [-0.4, -0.2) is 44.2 Å². The van der Waals surface area contributed by atoms with Crippen LogP contribution in [0.1, 0.15) is 64.2 Å². The molecule has 2 saturated carbocycles. The highest BCUT2D eigenvalue weighted by molar-refractivity contribution is 6.08. The maximum Gasteiger partial charge on any atom is 0.270 e. The monoisotopic (exact) mass is 449 g/mol. The van der Waals surface area contributed by atoms with E-state index in [4.69, 9.17) is 0 Å². The van der Waals surface area contributed by atoms with Crippen molar-refractivity contribution in [3.63, 3.8) is 0 Å². The molecule has 1 unspecified atom stereocenters. The van der Waals surface area contributed by atoms with Gasteiger partial charge >= 0.3 is 0 Å². The molecule has 0 spiro atoms. The highest BCUT2D eigenvalue weighted by Gasteiger charge is 2.30. The van der Waals surface area contributed by atoms with Gasteiger partial charge in [-0.1, -0.05) is 56.7 Å². The fourth-order valence-electron chi connectivity index (χ4n) is 6.29. The summed E-state index contributed by atoms with van der Waals surface area (Å²) in [6.45, 7) is 1.20. The number of nitro benzene ring substituents is 1. The number of hydrogen-bond acceptors (Lipinski definition) is 4. The summed E-state index contributed by atoms with van der Waals surface area (Å²) in [5.41, 5.74) is 2.07. The maximum atomic E-state index is 11.3. The number of fused-ring (bicyclic) bond motifs is 3. The van der Waals surface area contributed by atoms with Crippen molar-refractivity contribution in [2.75, 3.05) is 6.54 Å². The molecule has 0 radical (unpaired) electrons. The molecule has 1 heterocycles. The van der Waals surface area contributed by atoms with Crippen LogP contribution < -0.4 is 0 Å². The minimum Gasteiger partial charge on any atom is -0.390 e. The van der Waals surface area contributed by atoms with Gasteiger partial charge in [0.15, 0.2) is 0 Å². The van der Waals surface area contributed by atoms with Crippen molar-refractivity contribution < 1.29 is 10.0 Å². The molecule has 2 aromatic carbocycles. The lowest BCUT2D eigenvalue weighted by Crippen LogP contribution is -2.49. The van der Waals surface area contributed by atoms with E-state index in [1.807, 2.05) is 30.3 Å². The molecule has 6 nitrogen and oxygen atoms in total. The summed E-state index contributed by atoms with van der Waals surface area (Å²) in [6.07, 6.45) is 12.4. The molecular formula is C27H35N3O3. The number of benzene rings is 2. The summed E-state index contributed by atoms with van der Waals surface area (Å²) < 4.78 is 2.15. The van der Waals surface area contributed by atoms with Crippen molar-refractivity contribution in [3.05, 3.63) is 52.6 Å². The zero-order valence-corrected chi connectivity index (χ0v) is 19.4. The number of non-ortho nitro benzene ring substituents is 1. The molecule has 3 aromatic rings. The van der Waals surface area contributed by atoms with Gasteiger partial charge in [0.2, 0.25) is 0 Å². The third-order valence-corrected chi connectivity index (χ3v) is 7.87. The van der Waals surface area contributed by atoms with Gasteiger partial charge in [0.25, 0.3) is 5.69 Å². The summed E-state index contributed by atoms with van der Waals surface area (Å²) in [4.78, 5) is 13.7. The van der Waals surface area contributed by atoms with Gasteiger partial charge in [-0.15, -0.1) is 0 Å². The molecule has 5 rings (SSSR count). The van der Waals surface area contributed by atoms with E-state index in [1.54, 1.807) is 12.1 Å². The van der Waals surface area contributed by atoms with Gasteiger partial charge in [-0.2, -0.15) is 0 Å². The number of nitro groups is 1. The molecule has 33 heavy (non-hydrogen) atoms. The first kappa shape index (κ1) is 22.4. The Morgan fingerprint density at radius 3 is 2.15 bits per heavy atom. The summed E-state index contributed by atoms with van der Waals surface area (Å²) in [7, 11) is 0. The first-order chi connectivity index (χ1) is 16.1. The lowest BCUT2D eigenvalue weighted by molar-refractivity contribution is -0.384. The second-order valence-corrected chi connectivity index (χ2v) is 10.0. The predicted molar refractivity (Wildman–Crippen MR) is 133 cm³/mol. The van der Waals surface area contributed by atoms with Gasteiger partial charge in [-0.25, -0.2) is 0 Å². The van der Waals surface area contributed by atoms with Crippen molar-refractivity contribution >= 4 is 27.5 Å². The molecule has 6 heteroatoms. The molecule has 1 N–H and O–H groups in total. The Balaban J connectivity index is 1.43. The van der Waals surface area contributed by atoms with Crippen LogP contribution in [0.4, 0.5) is 5.69 Å². The van der Waals surface area contributed by atoms with Crippen LogP contribution in [0.3, 0.4) is 0 Å². The zero-order valence-electron chi connectivity index (χ0n) is 19.4. The van der Waals surface area contributed by atoms with Crippen LogP contribution in [0.5, 0.6) is 0 Å². The molecular weight excluding hydrogens is 414 g/mol. The Labute approximate surface area is 195 Å². The highest BCUT2D eigenvalue weighted by atomic mass is 16.6. The molecule has 2 aliphatic rings. The van der Waals surface area contributed by atoms with Gasteiger partial charge in [0.05, 0.1) is 17.6 Å². The lowest BCUT2D eigenvalue weighted by Gasteiger charge is -2.42. The minimum atomic E-state index is -0.483. The van der Waals surface area contributed by atoms with Crippen LogP contribution in [0.15, 0.2) is 42.5 Å². The van der Waals surface area contributed by atoms with Crippen LogP contribution in [0.2, 0.25) is 0 Å². The molecule has 0 bridgehead atoms. The van der Waals surface area contributed by atoms with Crippen LogP contribution in [0.25, 0.3) is 21.8 Å². The number of hydrogen-bond donors (Lipinski definition) is 1. The maximum absolute atomic E-state index is 11.3. The number of para-hydroxylation sites is 1. The van der Waals surface area contributed by atoms with E-state index < -0.39 is 6.10 Å². The molecule has 1 atom stereocenters. The van der Waals surface area contributed by atoms with E-state index >= 15 is 0 Å². The van der Waals surface area contributed by atoms with E-state index in [0.717, 1.165) is 21.8 Å². The van der Waals surface area contributed by atoms with Gasteiger partial charge in [0.1, 0.15) is 0 Å². The van der Waals surface area contributed by atoms with E-state index in [1.165, 1.54) is 64.2 Å². The normalized spacial score (nSPS) is 19.5. The third-order valence-electron chi connectivity index (χ3n) is 7.87. The van der Waals surface area contributed by atoms with Crippen molar-refractivity contribution in [2.24, 2.45) is 0 Å². The SMILES string of the molecule is O=[N+]([O-])c1ccc2c(c1)c1ccccc1n2CC(O)CN(C1CCCCC1)C1CCCCC1. The Hall–Kier alpha value is -2.44. The summed E-state index contributed by atoms with van der Waals surface area (Å²) in [6, 6.07) is 14.3. The number of aromatic nitrogens is 1. The average Bonchev–Trinajstić information content (AvgIpc) is 3.16.